The Bertz CT molecular complexity index is 175. The Labute approximate surface area is 71.4 Å². The van der Waals surface area contributed by atoms with Crippen molar-refractivity contribution in [1.29, 1.82) is 0 Å². The second-order valence-corrected chi connectivity index (χ2v) is 2.67. The van der Waals surface area contributed by atoms with Crippen LogP contribution in [0.3, 0.4) is 0 Å². The molecule has 1 aliphatic heterocycles. The molecule has 1 heterocycles. The van der Waals surface area contributed by atoms with Crippen LogP contribution < -0.4 is 0 Å². The van der Waals surface area contributed by atoms with Gasteiger partial charge in [-0.25, -0.2) is 0 Å². The lowest BCUT2D eigenvalue weighted by molar-refractivity contribution is -0.142. The van der Waals surface area contributed by atoms with E-state index in [4.69, 9.17) is 9.84 Å². The fraction of sp³-hybridized carbons (Fsp3) is 0.625. The molecule has 68 valence electrons. The van der Waals surface area contributed by atoms with Crippen LogP contribution in [0.25, 0.3) is 0 Å². The van der Waals surface area contributed by atoms with E-state index < -0.39 is 12.0 Å². The molecule has 0 saturated carbocycles. The highest BCUT2D eigenvalue weighted by molar-refractivity contribution is 5.75. The lowest BCUT2D eigenvalue weighted by Gasteiger charge is -2.29. The third-order valence-electron chi connectivity index (χ3n) is 1.92. The van der Waals surface area contributed by atoms with Crippen molar-refractivity contribution in [2.24, 2.45) is 0 Å². The zero-order chi connectivity index (χ0) is 8.97. The summed E-state index contributed by atoms with van der Waals surface area (Å²) in [5.74, 6) is -0.841. The molecule has 4 heteroatoms. The van der Waals surface area contributed by atoms with Gasteiger partial charge in [-0.05, 0) is 0 Å². The normalized spacial score (nSPS) is 21.7. The van der Waals surface area contributed by atoms with Crippen molar-refractivity contribution in [3.05, 3.63) is 12.7 Å². The van der Waals surface area contributed by atoms with Crippen LogP contribution in [0.4, 0.5) is 0 Å². The van der Waals surface area contributed by atoms with Gasteiger partial charge in [-0.2, -0.15) is 0 Å². The zero-order valence-corrected chi connectivity index (χ0v) is 6.90. The molecular weight excluding hydrogens is 158 g/mol. The van der Waals surface area contributed by atoms with E-state index in [1.165, 1.54) is 6.08 Å². The van der Waals surface area contributed by atoms with Gasteiger partial charge in [-0.15, -0.1) is 6.58 Å². The van der Waals surface area contributed by atoms with E-state index in [0.717, 1.165) is 0 Å². The monoisotopic (exact) mass is 171 g/mol. The van der Waals surface area contributed by atoms with Gasteiger partial charge in [0.05, 0.1) is 13.2 Å². The summed E-state index contributed by atoms with van der Waals surface area (Å²) in [5.41, 5.74) is 0. The van der Waals surface area contributed by atoms with E-state index in [0.29, 0.717) is 26.3 Å². The van der Waals surface area contributed by atoms with Crippen molar-refractivity contribution in [1.82, 2.24) is 4.90 Å². The Morgan fingerprint density at radius 2 is 2.17 bits per heavy atom. The highest BCUT2D eigenvalue weighted by Crippen LogP contribution is 2.04. The molecule has 12 heavy (non-hydrogen) atoms. The van der Waals surface area contributed by atoms with Crippen molar-refractivity contribution < 1.29 is 14.6 Å². The van der Waals surface area contributed by atoms with Gasteiger partial charge in [-0.1, -0.05) is 6.08 Å². The maximum atomic E-state index is 10.7. The molecule has 0 aromatic rings. The second kappa shape index (κ2) is 4.23. The molecular formula is C8H13NO3. The van der Waals surface area contributed by atoms with Gasteiger partial charge in [0.2, 0.25) is 0 Å². The highest BCUT2D eigenvalue weighted by atomic mass is 16.5. The van der Waals surface area contributed by atoms with Crippen LogP contribution in [0.5, 0.6) is 0 Å². The number of rotatable bonds is 3. The lowest BCUT2D eigenvalue weighted by Crippen LogP contribution is -2.46. The standard InChI is InChI=1S/C8H13NO3/c1-2-7(8(10)11)9-3-5-12-6-4-9/h2,7H,1,3-6H2,(H,10,11). The van der Waals surface area contributed by atoms with E-state index in [2.05, 4.69) is 6.58 Å². The molecule has 0 amide bonds. The number of morpholine rings is 1. The number of carbonyl (C=O) groups is 1. The zero-order valence-electron chi connectivity index (χ0n) is 6.90. The molecule has 4 nitrogen and oxygen atoms in total. The molecule has 1 atom stereocenters. The maximum Gasteiger partial charge on any atom is 0.324 e. The molecule has 0 aliphatic carbocycles. The Morgan fingerprint density at radius 1 is 1.58 bits per heavy atom. The van der Waals surface area contributed by atoms with E-state index in [-0.39, 0.29) is 0 Å². The van der Waals surface area contributed by atoms with Crippen molar-refractivity contribution in [2.45, 2.75) is 6.04 Å². The first kappa shape index (κ1) is 9.22. The van der Waals surface area contributed by atoms with Gasteiger partial charge in [0.25, 0.3) is 0 Å². The first-order valence-corrected chi connectivity index (χ1v) is 3.93. The highest BCUT2D eigenvalue weighted by Gasteiger charge is 2.23. The van der Waals surface area contributed by atoms with Crippen LogP contribution in [-0.4, -0.2) is 48.3 Å². The number of hydrogen-bond acceptors (Lipinski definition) is 3. The summed E-state index contributed by atoms with van der Waals surface area (Å²) in [6, 6.07) is -0.561. The Morgan fingerprint density at radius 3 is 2.58 bits per heavy atom. The van der Waals surface area contributed by atoms with E-state index in [1.54, 1.807) is 0 Å². The number of aliphatic carboxylic acids is 1. The minimum Gasteiger partial charge on any atom is -0.480 e. The molecule has 1 aliphatic rings. The third kappa shape index (κ3) is 2.06. The fourth-order valence-corrected chi connectivity index (χ4v) is 1.26. The molecule has 1 fully saturated rings. The van der Waals surface area contributed by atoms with Crippen molar-refractivity contribution >= 4 is 5.97 Å². The van der Waals surface area contributed by atoms with Crippen molar-refractivity contribution in [3.8, 4) is 0 Å². The van der Waals surface area contributed by atoms with Gasteiger partial charge in [0, 0.05) is 13.1 Å². The van der Waals surface area contributed by atoms with Crippen LogP contribution in [0.2, 0.25) is 0 Å². The fourth-order valence-electron chi connectivity index (χ4n) is 1.26. The molecule has 0 aromatic heterocycles. The maximum absolute atomic E-state index is 10.7. The van der Waals surface area contributed by atoms with Crippen LogP contribution in [0, 0.1) is 0 Å². The Hall–Kier alpha value is -0.870. The topological polar surface area (TPSA) is 49.8 Å². The van der Waals surface area contributed by atoms with Gasteiger partial charge >= 0.3 is 5.97 Å². The molecule has 1 rings (SSSR count). The average Bonchev–Trinajstić information content (AvgIpc) is 2.07. The van der Waals surface area contributed by atoms with E-state index >= 15 is 0 Å². The van der Waals surface area contributed by atoms with Crippen LogP contribution in [0.15, 0.2) is 12.7 Å². The predicted molar refractivity (Wildman–Crippen MR) is 44.0 cm³/mol. The summed E-state index contributed by atoms with van der Waals surface area (Å²) >= 11 is 0. The molecule has 1 N–H and O–H groups in total. The van der Waals surface area contributed by atoms with Crippen molar-refractivity contribution in [3.63, 3.8) is 0 Å². The SMILES string of the molecule is C=CC(C(=O)O)N1CCOCC1. The van der Waals surface area contributed by atoms with Gasteiger partial charge in [0.1, 0.15) is 6.04 Å². The smallest absolute Gasteiger partial charge is 0.324 e. The predicted octanol–water partition coefficient (Wildman–Crippen LogP) is -0.0422. The molecule has 0 bridgehead atoms. The van der Waals surface area contributed by atoms with Crippen LogP contribution in [0.1, 0.15) is 0 Å². The first-order chi connectivity index (χ1) is 5.75. The van der Waals surface area contributed by atoms with Crippen LogP contribution in [-0.2, 0) is 9.53 Å². The Kier molecular flexibility index (Phi) is 3.25. The number of nitrogens with zero attached hydrogens (tertiary/aromatic N) is 1. The lowest BCUT2D eigenvalue weighted by atomic mass is 10.2. The molecule has 0 aromatic carbocycles. The van der Waals surface area contributed by atoms with E-state index in [1.807, 2.05) is 4.90 Å². The summed E-state index contributed by atoms with van der Waals surface area (Å²) in [7, 11) is 0. The third-order valence-corrected chi connectivity index (χ3v) is 1.92. The minimum absolute atomic E-state index is 0.561. The Balaban J connectivity index is 2.51. The average molecular weight is 171 g/mol. The second-order valence-electron chi connectivity index (χ2n) is 2.67. The largest absolute Gasteiger partial charge is 0.480 e. The van der Waals surface area contributed by atoms with E-state index in [9.17, 15) is 4.79 Å². The molecule has 0 radical (unpaired) electrons. The summed E-state index contributed by atoms with van der Waals surface area (Å²) in [5, 5.41) is 8.77. The van der Waals surface area contributed by atoms with Crippen LogP contribution >= 0.6 is 0 Å². The minimum atomic E-state index is -0.841. The summed E-state index contributed by atoms with van der Waals surface area (Å²) in [6.07, 6.45) is 1.45. The van der Waals surface area contributed by atoms with Gasteiger partial charge in [-0.3, -0.25) is 9.69 Å². The number of hydrogen-bond donors (Lipinski definition) is 1. The first-order valence-electron chi connectivity index (χ1n) is 3.93. The van der Waals surface area contributed by atoms with Gasteiger partial charge in [0.15, 0.2) is 0 Å². The number of ether oxygens (including phenoxy) is 1. The quantitative estimate of drug-likeness (QED) is 0.605. The van der Waals surface area contributed by atoms with Crippen molar-refractivity contribution in [2.75, 3.05) is 26.3 Å². The molecule has 0 spiro atoms. The summed E-state index contributed by atoms with van der Waals surface area (Å²) in [6.45, 7) is 6.05. The van der Waals surface area contributed by atoms with Gasteiger partial charge < -0.3 is 9.84 Å². The number of carboxylic acids is 1. The summed E-state index contributed by atoms with van der Waals surface area (Å²) in [4.78, 5) is 12.5. The molecule has 1 saturated heterocycles. The number of carboxylic acid groups (broad SMARTS) is 1. The summed E-state index contributed by atoms with van der Waals surface area (Å²) < 4.78 is 5.11. The molecule has 1 unspecified atom stereocenters.